The van der Waals surface area contributed by atoms with E-state index >= 15 is 0 Å². The number of carbonyl (C=O) groups is 3. The van der Waals surface area contributed by atoms with Crippen LogP contribution in [0.3, 0.4) is 0 Å². The monoisotopic (exact) mass is 550 g/mol. The van der Waals surface area contributed by atoms with Crippen molar-refractivity contribution in [1.29, 1.82) is 0 Å². The summed E-state index contributed by atoms with van der Waals surface area (Å²) in [6.07, 6.45) is -0.328. The average Bonchev–Trinajstić information content (AvgIpc) is 3.24. The SMILES string of the molecule is CN1CC(CCN2CCC(C(O)c3ccc(F)cc3)CC2C(O)c2ccc(F)cc2)OC1=O.O=C(O)C(=O)O. The number of piperidine rings is 1. The van der Waals surface area contributed by atoms with Gasteiger partial charge in [-0.15, -0.1) is 0 Å². The van der Waals surface area contributed by atoms with Gasteiger partial charge < -0.3 is 30.1 Å². The Morgan fingerprint density at radius 1 is 0.949 bits per heavy atom. The van der Waals surface area contributed by atoms with Crippen molar-refractivity contribution in [1.82, 2.24) is 9.80 Å². The van der Waals surface area contributed by atoms with Crippen LogP contribution < -0.4 is 0 Å². The Balaban J connectivity index is 0.000000631. The molecule has 5 unspecified atom stereocenters. The number of halogens is 2. The highest BCUT2D eigenvalue weighted by Crippen LogP contribution is 2.38. The summed E-state index contributed by atoms with van der Waals surface area (Å²) in [6.45, 7) is 1.79. The van der Waals surface area contributed by atoms with Crippen molar-refractivity contribution in [2.75, 3.05) is 26.7 Å². The van der Waals surface area contributed by atoms with Crippen molar-refractivity contribution < 1.29 is 48.3 Å². The van der Waals surface area contributed by atoms with Crippen LogP contribution in [0.1, 0.15) is 42.6 Å². The van der Waals surface area contributed by atoms with Gasteiger partial charge in [0.05, 0.1) is 18.8 Å². The number of carbonyl (C=O) groups excluding carboxylic acids is 1. The van der Waals surface area contributed by atoms with Gasteiger partial charge in [-0.3, -0.25) is 4.90 Å². The van der Waals surface area contributed by atoms with Gasteiger partial charge in [0.25, 0.3) is 0 Å². The molecule has 10 nitrogen and oxygen atoms in total. The van der Waals surface area contributed by atoms with Crippen molar-refractivity contribution in [3.8, 4) is 0 Å². The van der Waals surface area contributed by atoms with Gasteiger partial charge in [0, 0.05) is 19.6 Å². The lowest BCUT2D eigenvalue weighted by Gasteiger charge is -2.43. The van der Waals surface area contributed by atoms with Crippen molar-refractivity contribution in [3.05, 3.63) is 71.3 Å². The first-order valence-corrected chi connectivity index (χ1v) is 12.4. The molecule has 2 aliphatic heterocycles. The summed E-state index contributed by atoms with van der Waals surface area (Å²) in [5.74, 6) is -4.50. The summed E-state index contributed by atoms with van der Waals surface area (Å²) >= 11 is 0. The molecule has 0 saturated carbocycles. The minimum atomic E-state index is -1.82. The molecule has 0 radical (unpaired) electrons. The minimum Gasteiger partial charge on any atom is -0.473 e. The second kappa shape index (κ2) is 13.5. The third-order valence-corrected chi connectivity index (χ3v) is 7.01. The van der Waals surface area contributed by atoms with Gasteiger partial charge in [-0.2, -0.15) is 0 Å². The van der Waals surface area contributed by atoms with Gasteiger partial charge >= 0.3 is 18.0 Å². The van der Waals surface area contributed by atoms with E-state index in [4.69, 9.17) is 24.5 Å². The highest BCUT2D eigenvalue weighted by Gasteiger charge is 2.38. The number of aliphatic hydroxyl groups excluding tert-OH is 2. The Kier molecular flexibility index (Phi) is 10.3. The minimum absolute atomic E-state index is 0.123. The maximum absolute atomic E-state index is 13.4. The first-order chi connectivity index (χ1) is 18.5. The topological polar surface area (TPSA) is 148 Å². The Hall–Kier alpha value is -3.61. The second-order valence-corrected chi connectivity index (χ2v) is 9.67. The molecular formula is C27H32F2N2O8. The average molecular weight is 551 g/mol. The van der Waals surface area contributed by atoms with E-state index in [1.807, 2.05) is 0 Å². The lowest BCUT2D eigenvalue weighted by Crippen LogP contribution is -2.48. The van der Waals surface area contributed by atoms with E-state index in [0.29, 0.717) is 50.0 Å². The largest absolute Gasteiger partial charge is 0.473 e. The van der Waals surface area contributed by atoms with Gasteiger partial charge in [0.1, 0.15) is 17.7 Å². The molecule has 2 aliphatic rings. The molecule has 212 valence electrons. The van der Waals surface area contributed by atoms with Gasteiger partial charge in [-0.25, -0.2) is 23.2 Å². The third-order valence-electron chi connectivity index (χ3n) is 7.01. The highest BCUT2D eigenvalue weighted by molar-refractivity contribution is 6.27. The van der Waals surface area contributed by atoms with Crippen LogP contribution in [0.15, 0.2) is 48.5 Å². The summed E-state index contributed by atoms with van der Waals surface area (Å²) in [5.41, 5.74) is 1.25. The second-order valence-electron chi connectivity index (χ2n) is 9.67. The number of ether oxygens (including phenoxy) is 1. The molecule has 1 amide bonds. The molecule has 0 bridgehead atoms. The summed E-state index contributed by atoms with van der Waals surface area (Å²) in [7, 11) is 1.70. The number of carboxylic acid groups (broad SMARTS) is 2. The number of cyclic esters (lactones) is 1. The number of likely N-dealkylation sites (N-methyl/N-ethyl adjacent to an activating group) is 1. The number of hydrogen-bond acceptors (Lipinski definition) is 7. The molecule has 0 spiro atoms. The molecule has 2 aromatic rings. The Morgan fingerprint density at radius 3 is 1.92 bits per heavy atom. The standard InChI is InChI=1S/C25H30F2N2O4.C2H2O4/c1-28-15-21(33-25(28)32)11-13-29-12-10-18(23(30)16-2-6-19(26)7-3-16)14-22(29)24(31)17-4-8-20(27)9-5-17;3-1(4)2(5)6/h2-9,18,21-24,30-31H,10-15H2,1H3;(H,3,4)(H,5,6). The van der Waals surface area contributed by atoms with Crippen LogP contribution in [0, 0.1) is 17.6 Å². The van der Waals surface area contributed by atoms with Gasteiger partial charge in [0.15, 0.2) is 0 Å². The molecule has 12 heteroatoms. The quantitative estimate of drug-likeness (QED) is 0.382. The van der Waals surface area contributed by atoms with E-state index in [2.05, 4.69) is 4.90 Å². The van der Waals surface area contributed by atoms with Gasteiger partial charge in [-0.05, 0) is 67.1 Å². The number of carboxylic acids is 2. The van der Waals surface area contributed by atoms with Crippen LogP contribution in [-0.4, -0.2) is 87.1 Å². The smallest absolute Gasteiger partial charge is 0.414 e. The molecular weight excluding hydrogens is 518 g/mol. The van der Waals surface area contributed by atoms with Gasteiger partial charge in [-0.1, -0.05) is 24.3 Å². The van der Waals surface area contributed by atoms with E-state index in [9.17, 15) is 23.8 Å². The van der Waals surface area contributed by atoms with Crippen LogP contribution in [0.25, 0.3) is 0 Å². The lowest BCUT2D eigenvalue weighted by atomic mass is 9.81. The van der Waals surface area contributed by atoms with E-state index in [1.165, 1.54) is 24.3 Å². The maximum atomic E-state index is 13.4. The number of aliphatic carboxylic acids is 2. The van der Waals surface area contributed by atoms with Crippen molar-refractivity contribution in [2.24, 2.45) is 5.92 Å². The molecule has 39 heavy (non-hydrogen) atoms. The van der Waals surface area contributed by atoms with E-state index in [1.54, 1.807) is 36.2 Å². The first-order valence-electron chi connectivity index (χ1n) is 12.4. The molecule has 2 saturated heterocycles. The number of amides is 1. The number of benzene rings is 2. The third kappa shape index (κ3) is 8.19. The number of aliphatic hydroxyl groups is 2. The molecule has 4 rings (SSSR count). The number of likely N-dealkylation sites (tertiary alicyclic amines) is 1. The molecule has 0 aromatic heterocycles. The summed E-state index contributed by atoms with van der Waals surface area (Å²) < 4.78 is 32.1. The Bertz CT molecular complexity index is 1120. The van der Waals surface area contributed by atoms with E-state index in [0.717, 1.165) is 0 Å². The van der Waals surface area contributed by atoms with E-state index in [-0.39, 0.29) is 35.8 Å². The summed E-state index contributed by atoms with van der Waals surface area (Å²) in [4.78, 5) is 33.6. The zero-order valence-corrected chi connectivity index (χ0v) is 21.3. The molecule has 0 aliphatic carbocycles. The number of nitrogens with zero attached hydrogens (tertiary/aromatic N) is 2. The Morgan fingerprint density at radius 2 is 1.46 bits per heavy atom. The Labute approximate surface area is 224 Å². The molecule has 2 fully saturated rings. The fraction of sp³-hybridized carbons (Fsp3) is 0.444. The number of hydrogen-bond donors (Lipinski definition) is 4. The maximum Gasteiger partial charge on any atom is 0.414 e. The molecule has 5 atom stereocenters. The van der Waals surface area contributed by atoms with Gasteiger partial charge in [0.2, 0.25) is 0 Å². The highest BCUT2D eigenvalue weighted by atomic mass is 19.1. The zero-order valence-electron chi connectivity index (χ0n) is 21.3. The van der Waals surface area contributed by atoms with Crippen molar-refractivity contribution in [2.45, 2.75) is 43.6 Å². The predicted molar refractivity (Wildman–Crippen MR) is 134 cm³/mol. The first kappa shape index (κ1) is 29.9. The number of rotatable bonds is 7. The lowest BCUT2D eigenvalue weighted by molar-refractivity contribution is -0.159. The van der Waals surface area contributed by atoms with Crippen LogP contribution in [-0.2, 0) is 14.3 Å². The molecule has 2 heterocycles. The summed E-state index contributed by atoms with van der Waals surface area (Å²) in [6, 6.07) is 11.3. The predicted octanol–water partition coefficient (Wildman–Crippen LogP) is 2.81. The van der Waals surface area contributed by atoms with Crippen molar-refractivity contribution in [3.63, 3.8) is 0 Å². The normalized spacial score (nSPS) is 22.8. The molecule has 2 aromatic carbocycles. The van der Waals surface area contributed by atoms with Crippen LogP contribution in [0.5, 0.6) is 0 Å². The van der Waals surface area contributed by atoms with Crippen LogP contribution >= 0.6 is 0 Å². The fourth-order valence-corrected chi connectivity index (χ4v) is 4.89. The summed E-state index contributed by atoms with van der Waals surface area (Å²) in [5, 5.41) is 36.9. The van der Waals surface area contributed by atoms with Crippen LogP contribution in [0.4, 0.5) is 13.6 Å². The van der Waals surface area contributed by atoms with E-state index < -0.39 is 24.1 Å². The van der Waals surface area contributed by atoms with Crippen LogP contribution in [0.2, 0.25) is 0 Å². The zero-order chi connectivity index (χ0) is 28.7. The fourth-order valence-electron chi connectivity index (χ4n) is 4.89. The molecule has 4 N–H and O–H groups in total. The van der Waals surface area contributed by atoms with Crippen molar-refractivity contribution >= 4 is 18.0 Å².